The number of hydrogen-bond donors (Lipinski definition) is 0. The molecule has 1 atom stereocenters. The number of carbonyl (C=O) groups is 1. The van der Waals surface area contributed by atoms with E-state index in [0.717, 1.165) is 10.5 Å². The fourth-order valence-corrected chi connectivity index (χ4v) is 2.81. The van der Waals surface area contributed by atoms with Crippen LogP contribution in [0.4, 0.5) is 8.78 Å². The van der Waals surface area contributed by atoms with Gasteiger partial charge in [-0.3, -0.25) is 4.79 Å². The summed E-state index contributed by atoms with van der Waals surface area (Å²) in [6.07, 6.45) is -0.406. The predicted molar refractivity (Wildman–Crippen MR) is 75.1 cm³/mol. The van der Waals surface area contributed by atoms with Crippen LogP contribution in [0.2, 0.25) is 0 Å². The maximum absolute atomic E-state index is 12.9. The third kappa shape index (κ3) is 2.48. The quantitative estimate of drug-likeness (QED) is 0.841. The second-order valence-electron chi connectivity index (χ2n) is 5.70. The Morgan fingerprint density at radius 1 is 1.26 bits per heavy atom. The minimum absolute atomic E-state index is 0.0538. The number of benzene rings is 1. The van der Waals surface area contributed by atoms with Crippen molar-refractivity contribution in [3.63, 3.8) is 0 Å². The molecule has 2 aliphatic heterocycles. The highest BCUT2D eigenvalue weighted by Crippen LogP contribution is 2.30. The highest BCUT2D eigenvalue weighted by Gasteiger charge is 2.47. The molecule has 0 aliphatic carbocycles. The SMILES string of the molecule is O=C(c1nc2n(n1)CCOC2c1ccccc1)N1CC(F)(F)C1. The lowest BCUT2D eigenvalue weighted by molar-refractivity contribution is -0.113. The molecule has 0 N–H and O–H groups in total. The molecule has 2 aromatic rings. The largest absolute Gasteiger partial charge is 0.364 e. The Kier molecular flexibility index (Phi) is 3.15. The van der Waals surface area contributed by atoms with Crippen LogP contribution in [0, 0.1) is 0 Å². The normalized spacial score (nSPS) is 22.3. The third-order valence-electron chi connectivity index (χ3n) is 3.95. The summed E-state index contributed by atoms with van der Waals surface area (Å²) in [5.41, 5.74) is 0.912. The van der Waals surface area contributed by atoms with E-state index in [1.54, 1.807) is 4.68 Å². The van der Waals surface area contributed by atoms with E-state index >= 15 is 0 Å². The number of rotatable bonds is 2. The van der Waals surface area contributed by atoms with Crippen LogP contribution in [-0.4, -0.2) is 51.2 Å². The summed E-state index contributed by atoms with van der Waals surface area (Å²) in [5, 5.41) is 4.17. The van der Waals surface area contributed by atoms with Crippen molar-refractivity contribution in [3.05, 3.63) is 47.5 Å². The summed E-state index contributed by atoms with van der Waals surface area (Å²) in [4.78, 5) is 17.5. The van der Waals surface area contributed by atoms with Crippen LogP contribution in [-0.2, 0) is 11.3 Å². The Hall–Kier alpha value is -2.35. The third-order valence-corrected chi connectivity index (χ3v) is 3.95. The summed E-state index contributed by atoms with van der Waals surface area (Å²) in [6, 6.07) is 9.50. The van der Waals surface area contributed by atoms with Crippen molar-refractivity contribution in [2.24, 2.45) is 0 Å². The van der Waals surface area contributed by atoms with E-state index in [1.807, 2.05) is 30.3 Å². The van der Waals surface area contributed by atoms with Gasteiger partial charge in [-0.2, -0.15) is 0 Å². The summed E-state index contributed by atoms with van der Waals surface area (Å²) in [7, 11) is 0. The average molecular weight is 320 g/mol. The lowest BCUT2D eigenvalue weighted by Crippen LogP contribution is -2.58. The molecule has 4 rings (SSSR count). The number of alkyl halides is 2. The van der Waals surface area contributed by atoms with Gasteiger partial charge in [-0.15, -0.1) is 5.10 Å². The van der Waals surface area contributed by atoms with Gasteiger partial charge in [0.2, 0.25) is 5.82 Å². The van der Waals surface area contributed by atoms with E-state index in [0.29, 0.717) is 19.0 Å². The molecule has 1 aromatic carbocycles. The Balaban J connectivity index is 1.61. The molecule has 120 valence electrons. The number of halogens is 2. The number of nitrogens with zero attached hydrogens (tertiary/aromatic N) is 4. The maximum atomic E-state index is 12.9. The topological polar surface area (TPSA) is 60.3 Å². The Morgan fingerprint density at radius 3 is 2.70 bits per heavy atom. The van der Waals surface area contributed by atoms with Crippen LogP contribution in [0.15, 0.2) is 30.3 Å². The second kappa shape index (κ2) is 5.09. The van der Waals surface area contributed by atoms with Gasteiger partial charge >= 0.3 is 0 Å². The van der Waals surface area contributed by atoms with E-state index in [1.165, 1.54) is 0 Å². The molecular formula is C15H14F2N4O2. The number of ether oxygens (including phenoxy) is 1. The molecule has 1 saturated heterocycles. The molecule has 1 aromatic heterocycles. The van der Waals surface area contributed by atoms with Crippen LogP contribution < -0.4 is 0 Å². The van der Waals surface area contributed by atoms with Crippen LogP contribution >= 0.6 is 0 Å². The van der Waals surface area contributed by atoms with Crippen molar-refractivity contribution in [1.29, 1.82) is 0 Å². The van der Waals surface area contributed by atoms with E-state index in [-0.39, 0.29) is 5.82 Å². The van der Waals surface area contributed by atoms with Gasteiger partial charge in [-0.05, 0) is 5.56 Å². The molecule has 1 amide bonds. The first kappa shape index (κ1) is 14.3. The monoisotopic (exact) mass is 320 g/mol. The van der Waals surface area contributed by atoms with Crippen molar-refractivity contribution in [3.8, 4) is 0 Å². The molecule has 1 fully saturated rings. The van der Waals surface area contributed by atoms with Gasteiger partial charge in [0.25, 0.3) is 11.8 Å². The van der Waals surface area contributed by atoms with E-state index in [2.05, 4.69) is 10.1 Å². The van der Waals surface area contributed by atoms with Crippen LogP contribution in [0.5, 0.6) is 0 Å². The molecule has 8 heteroatoms. The summed E-state index contributed by atoms with van der Waals surface area (Å²) in [5.74, 6) is -2.89. The van der Waals surface area contributed by atoms with E-state index < -0.39 is 31.0 Å². The Morgan fingerprint density at radius 2 is 2.00 bits per heavy atom. The number of hydrogen-bond acceptors (Lipinski definition) is 4. The lowest BCUT2D eigenvalue weighted by Gasteiger charge is -2.37. The smallest absolute Gasteiger partial charge is 0.293 e. The molecular weight excluding hydrogens is 306 g/mol. The fourth-order valence-electron chi connectivity index (χ4n) is 2.81. The zero-order valence-corrected chi connectivity index (χ0v) is 12.2. The van der Waals surface area contributed by atoms with Crippen LogP contribution in [0.1, 0.15) is 28.1 Å². The van der Waals surface area contributed by atoms with Gasteiger partial charge < -0.3 is 9.64 Å². The number of likely N-dealkylation sites (tertiary alicyclic amines) is 1. The van der Waals surface area contributed by atoms with Crippen molar-refractivity contribution >= 4 is 5.91 Å². The zero-order valence-electron chi connectivity index (χ0n) is 12.2. The highest BCUT2D eigenvalue weighted by atomic mass is 19.3. The highest BCUT2D eigenvalue weighted by molar-refractivity contribution is 5.91. The molecule has 2 aliphatic rings. The van der Waals surface area contributed by atoms with Crippen molar-refractivity contribution in [2.45, 2.75) is 18.6 Å². The molecule has 23 heavy (non-hydrogen) atoms. The van der Waals surface area contributed by atoms with Gasteiger partial charge in [0.05, 0.1) is 26.2 Å². The minimum atomic E-state index is -2.80. The van der Waals surface area contributed by atoms with Crippen molar-refractivity contribution in [2.75, 3.05) is 19.7 Å². The molecule has 0 radical (unpaired) electrons. The Labute approximate surface area is 130 Å². The van der Waals surface area contributed by atoms with Gasteiger partial charge in [-0.25, -0.2) is 18.4 Å². The maximum Gasteiger partial charge on any atom is 0.293 e. The first-order chi connectivity index (χ1) is 11.0. The number of aromatic nitrogens is 3. The first-order valence-electron chi connectivity index (χ1n) is 7.32. The first-order valence-corrected chi connectivity index (χ1v) is 7.32. The fraction of sp³-hybridized carbons (Fsp3) is 0.400. The summed E-state index contributed by atoms with van der Waals surface area (Å²) in [6.45, 7) is -0.219. The van der Waals surface area contributed by atoms with Gasteiger partial charge in [0.15, 0.2) is 5.82 Å². The summed E-state index contributed by atoms with van der Waals surface area (Å²) >= 11 is 0. The van der Waals surface area contributed by atoms with Gasteiger partial charge in [0, 0.05) is 0 Å². The second-order valence-corrected chi connectivity index (χ2v) is 5.70. The molecule has 0 saturated carbocycles. The summed E-state index contributed by atoms with van der Waals surface area (Å²) < 4.78 is 33.2. The van der Waals surface area contributed by atoms with E-state index in [4.69, 9.17) is 4.74 Å². The zero-order chi connectivity index (χ0) is 16.0. The minimum Gasteiger partial charge on any atom is -0.364 e. The van der Waals surface area contributed by atoms with Gasteiger partial charge in [0.1, 0.15) is 6.10 Å². The number of carbonyl (C=O) groups excluding carboxylic acids is 1. The molecule has 0 bridgehead atoms. The van der Waals surface area contributed by atoms with Crippen LogP contribution in [0.3, 0.4) is 0 Å². The molecule has 3 heterocycles. The predicted octanol–water partition coefficient (Wildman–Crippen LogP) is 1.49. The average Bonchev–Trinajstić information content (AvgIpc) is 2.96. The van der Waals surface area contributed by atoms with E-state index in [9.17, 15) is 13.6 Å². The lowest BCUT2D eigenvalue weighted by atomic mass is 10.1. The number of fused-ring (bicyclic) bond motifs is 1. The van der Waals surface area contributed by atoms with Crippen molar-refractivity contribution < 1.29 is 18.3 Å². The van der Waals surface area contributed by atoms with Crippen LogP contribution in [0.25, 0.3) is 0 Å². The Bertz CT molecular complexity index is 739. The molecule has 1 unspecified atom stereocenters. The number of amides is 1. The standard InChI is InChI=1S/C15H14F2N4O2/c16-15(17)8-20(9-15)14(22)12-18-13-11(10-4-2-1-3-5-10)23-7-6-21(13)19-12/h1-5,11H,6-9H2. The molecule has 0 spiro atoms. The van der Waals surface area contributed by atoms with Crippen molar-refractivity contribution in [1.82, 2.24) is 19.7 Å². The van der Waals surface area contributed by atoms with Gasteiger partial charge in [-0.1, -0.05) is 30.3 Å². The molecule has 6 nitrogen and oxygen atoms in total.